The minimum atomic E-state index is 0.457. The first-order chi connectivity index (χ1) is 11.8. The van der Waals surface area contributed by atoms with Gasteiger partial charge in [0.25, 0.3) is 0 Å². The van der Waals surface area contributed by atoms with Crippen molar-refractivity contribution in [3.05, 3.63) is 101 Å². The molecular weight excluding hydrogens is 318 g/mol. The van der Waals surface area contributed by atoms with E-state index in [0.29, 0.717) is 5.15 Å². The van der Waals surface area contributed by atoms with E-state index in [1.54, 1.807) is 12.3 Å². The minimum absolute atomic E-state index is 0.457. The van der Waals surface area contributed by atoms with Crippen molar-refractivity contribution in [3.63, 3.8) is 0 Å². The molecule has 0 unspecified atom stereocenters. The Kier molecular flexibility index (Phi) is 3.85. The summed E-state index contributed by atoms with van der Waals surface area (Å²) in [5.74, 6) is 1.55. The van der Waals surface area contributed by atoms with Gasteiger partial charge in [-0.15, -0.1) is 0 Å². The molecule has 0 saturated heterocycles. The molecule has 1 aromatic carbocycles. The molecular formula is C20H14ClN3. The van der Waals surface area contributed by atoms with Gasteiger partial charge in [0.2, 0.25) is 0 Å². The molecule has 2 aromatic heterocycles. The highest BCUT2D eigenvalue weighted by atomic mass is 35.5. The van der Waals surface area contributed by atoms with E-state index in [2.05, 4.69) is 34.3 Å². The number of hydrogen-bond donors (Lipinski definition) is 0. The molecule has 3 aromatic rings. The van der Waals surface area contributed by atoms with E-state index in [1.807, 2.05) is 53.4 Å². The molecule has 0 atom stereocenters. The second-order valence-corrected chi connectivity index (χ2v) is 5.73. The number of pyridine rings is 2. The van der Waals surface area contributed by atoms with Crippen molar-refractivity contribution in [3.8, 4) is 0 Å². The van der Waals surface area contributed by atoms with Crippen LogP contribution in [0.1, 0.15) is 5.56 Å². The zero-order chi connectivity index (χ0) is 16.4. The predicted octanol–water partition coefficient (Wildman–Crippen LogP) is 5.25. The molecule has 3 nitrogen and oxygen atoms in total. The Hall–Kier alpha value is -2.91. The standard InChI is InChI=1S/C20H14ClN3/c21-18-9-6-11-20(23-18)24(19-10-4-5-14-22-19)17-13-12-16(17)15-7-2-1-3-8-15/h1-14H. The highest BCUT2D eigenvalue weighted by Gasteiger charge is 2.23. The van der Waals surface area contributed by atoms with Gasteiger partial charge >= 0.3 is 0 Å². The lowest BCUT2D eigenvalue weighted by Crippen LogP contribution is -2.21. The number of hydrogen-bond acceptors (Lipinski definition) is 3. The molecule has 2 heterocycles. The van der Waals surface area contributed by atoms with Crippen LogP contribution >= 0.6 is 11.6 Å². The number of aromatic nitrogens is 2. The smallest absolute Gasteiger partial charge is 0.140 e. The lowest BCUT2D eigenvalue weighted by atomic mass is 9.95. The van der Waals surface area contributed by atoms with E-state index in [0.717, 1.165) is 28.5 Å². The van der Waals surface area contributed by atoms with Gasteiger partial charge in [0.1, 0.15) is 16.8 Å². The maximum absolute atomic E-state index is 6.10. The van der Waals surface area contributed by atoms with E-state index in [9.17, 15) is 0 Å². The summed E-state index contributed by atoms with van der Waals surface area (Å²) in [6.07, 6.45) is 5.95. The molecule has 1 aliphatic rings. The van der Waals surface area contributed by atoms with Crippen LogP contribution in [0.2, 0.25) is 5.15 Å². The highest BCUT2D eigenvalue weighted by molar-refractivity contribution is 6.29. The van der Waals surface area contributed by atoms with Gasteiger partial charge in [-0.05, 0) is 35.9 Å². The number of rotatable bonds is 4. The predicted molar refractivity (Wildman–Crippen MR) is 98.1 cm³/mol. The number of benzene rings is 1. The molecule has 4 rings (SSSR count). The van der Waals surface area contributed by atoms with Crippen LogP contribution in [0, 0.1) is 0 Å². The van der Waals surface area contributed by atoms with Gasteiger partial charge in [-0.2, -0.15) is 0 Å². The molecule has 0 N–H and O–H groups in total. The van der Waals surface area contributed by atoms with Gasteiger partial charge < -0.3 is 0 Å². The monoisotopic (exact) mass is 331 g/mol. The average molecular weight is 332 g/mol. The van der Waals surface area contributed by atoms with Crippen LogP contribution in [0.4, 0.5) is 11.6 Å². The Bertz CT molecular complexity index is 918. The molecule has 0 saturated carbocycles. The van der Waals surface area contributed by atoms with Crippen molar-refractivity contribution in [2.24, 2.45) is 0 Å². The van der Waals surface area contributed by atoms with Crippen LogP contribution < -0.4 is 4.90 Å². The molecule has 0 spiro atoms. The number of nitrogens with zero attached hydrogens (tertiary/aromatic N) is 3. The van der Waals surface area contributed by atoms with E-state index in [1.165, 1.54) is 0 Å². The summed E-state index contributed by atoms with van der Waals surface area (Å²) in [6.45, 7) is 0. The lowest BCUT2D eigenvalue weighted by Gasteiger charge is -2.29. The summed E-state index contributed by atoms with van der Waals surface area (Å²) in [4.78, 5) is 11.0. The third kappa shape index (κ3) is 2.70. The van der Waals surface area contributed by atoms with Crippen molar-refractivity contribution < 1.29 is 0 Å². The zero-order valence-electron chi connectivity index (χ0n) is 12.8. The lowest BCUT2D eigenvalue weighted by molar-refractivity contribution is 1.08. The summed E-state index contributed by atoms with van der Waals surface area (Å²) in [5.41, 5.74) is 3.37. The Morgan fingerprint density at radius 3 is 2.21 bits per heavy atom. The van der Waals surface area contributed by atoms with Crippen molar-refractivity contribution in [2.75, 3.05) is 4.90 Å². The topological polar surface area (TPSA) is 29.0 Å². The fourth-order valence-corrected chi connectivity index (χ4v) is 2.83. The second-order valence-electron chi connectivity index (χ2n) is 5.34. The fourth-order valence-electron chi connectivity index (χ4n) is 2.67. The van der Waals surface area contributed by atoms with Crippen molar-refractivity contribution in [2.45, 2.75) is 0 Å². The van der Waals surface area contributed by atoms with Gasteiger partial charge in [-0.1, -0.05) is 60.1 Å². The SMILES string of the molecule is Clc1cccc(N(C2=C(c3ccccc3)C=C2)c2ccccn2)n1. The molecule has 4 heteroatoms. The fraction of sp³-hybridized carbons (Fsp3) is 0. The molecule has 0 aliphatic heterocycles. The van der Waals surface area contributed by atoms with Crippen molar-refractivity contribution in [1.29, 1.82) is 0 Å². The van der Waals surface area contributed by atoms with Crippen LogP contribution in [0.25, 0.3) is 5.57 Å². The summed E-state index contributed by atoms with van der Waals surface area (Å²) in [7, 11) is 0. The summed E-state index contributed by atoms with van der Waals surface area (Å²) >= 11 is 6.10. The van der Waals surface area contributed by atoms with Crippen LogP contribution in [-0.2, 0) is 0 Å². The van der Waals surface area contributed by atoms with Gasteiger partial charge in [0, 0.05) is 11.8 Å². The third-order valence-electron chi connectivity index (χ3n) is 3.82. The maximum atomic E-state index is 6.10. The maximum Gasteiger partial charge on any atom is 0.140 e. The molecule has 0 bridgehead atoms. The molecule has 116 valence electrons. The molecule has 0 fully saturated rings. The Balaban J connectivity index is 1.85. The van der Waals surface area contributed by atoms with E-state index in [4.69, 9.17) is 11.6 Å². The van der Waals surface area contributed by atoms with Gasteiger partial charge in [-0.25, -0.2) is 9.97 Å². The number of halogens is 1. The summed E-state index contributed by atoms with van der Waals surface area (Å²) in [6, 6.07) is 21.7. The normalized spacial score (nSPS) is 12.9. The van der Waals surface area contributed by atoms with Gasteiger partial charge in [0.15, 0.2) is 0 Å². The highest BCUT2D eigenvalue weighted by Crippen LogP contribution is 2.37. The Morgan fingerprint density at radius 1 is 0.750 bits per heavy atom. The van der Waals surface area contributed by atoms with Gasteiger partial charge in [-0.3, -0.25) is 4.90 Å². The molecule has 0 radical (unpaired) electrons. The first-order valence-corrected chi connectivity index (χ1v) is 8.02. The summed E-state index contributed by atoms with van der Waals surface area (Å²) < 4.78 is 0. The van der Waals surface area contributed by atoms with Gasteiger partial charge in [0.05, 0.1) is 5.70 Å². The third-order valence-corrected chi connectivity index (χ3v) is 4.03. The van der Waals surface area contributed by atoms with E-state index in [-0.39, 0.29) is 0 Å². The second kappa shape index (κ2) is 6.30. The first kappa shape index (κ1) is 14.7. The molecule has 1 aliphatic carbocycles. The van der Waals surface area contributed by atoms with Crippen molar-refractivity contribution >= 4 is 28.8 Å². The van der Waals surface area contributed by atoms with Crippen LogP contribution in [-0.4, -0.2) is 9.97 Å². The largest absolute Gasteiger partial charge is 0.278 e. The van der Waals surface area contributed by atoms with Crippen LogP contribution in [0.3, 0.4) is 0 Å². The van der Waals surface area contributed by atoms with E-state index >= 15 is 0 Å². The van der Waals surface area contributed by atoms with Crippen molar-refractivity contribution in [1.82, 2.24) is 9.97 Å². The molecule has 24 heavy (non-hydrogen) atoms. The quantitative estimate of drug-likeness (QED) is 0.611. The zero-order valence-corrected chi connectivity index (χ0v) is 13.6. The average Bonchev–Trinajstić information content (AvgIpc) is 2.60. The number of anilines is 2. The summed E-state index contributed by atoms with van der Waals surface area (Å²) in [5, 5.41) is 0.457. The Labute approximate surface area is 145 Å². The Morgan fingerprint density at radius 2 is 1.54 bits per heavy atom. The minimum Gasteiger partial charge on any atom is -0.278 e. The van der Waals surface area contributed by atoms with E-state index < -0.39 is 0 Å². The van der Waals surface area contributed by atoms with Crippen LogP contribution in [0.15, 0.2) is 90.8 Å². The molecule has 0 amide bonds. The van der Waals surface area contributed by atoms with Crippen LogP contribution in [0.5, 0.6) is 0 Å². The number of allylic oxidation sites excluding steroid dienone is 3. The first-order valence-electron chi connectivity index (χ1n) is 7.64.